The molecule has 2 aliphatic heterocycles. The number of amides is 4. The van der Waals surface area contributed by atoms with E-state index in [0.29, 0.717) is 18.0 Å². The van der Waals surface area contributed by atoms with E-state index >= 15 is 0 Å². The molecule has 2 saturated heterocycles. The fraction of sp³-hybridized carbons (Fsp3) is 0.654. The van der Waals surface area contributed by atoms with E-state index in [9.17, 15) is 32.7 Å². The fourth-order valence-electron chi connectivity index (χ4n) is 5.26. The van der Waals surface area contributed by atoms with Crippen LogP contribution in [0.1, 0.15) is 52.5 Å². The second kappa shape index (κ2) is 11.3. The Morgan fingerprint density at radius 2 is 1.63 bits per heavy atom. The van der Waals surface area contributed by atoms with Crippen molar-refractivity contribution in [3.05, 3.63) is 34.9 Å². The van der Waals surface area contributed by atoms with Gasteiger partial charge in [0.15, 0.2) is 0 Å². The van der Waals surface area contributed by atoms with Crippen molar-refractivity contribution in [3.8, 4) is 0 Å². The molecule has 3 rings (SSSR count). The molecular weight excluding hydrogens is 525 g/mol. The van der Waals surface area contributed by atoms with Crippen molar-refractivity contribution in [1.29, 1.82) is 0 Å². The molecule has 8 nitrogen and oxygen atoms in total. The summed E-state index contributed by atoms with van der Waals surface area (Å²) in [7, 11) is 0. The van der Waals surface area contributed by atoms with Gasteiger partial charge in [-0.2, -0.15) is 13.2 Å². The predicted molar refractivity (Wildman–Crippen MR) is 136 cm³/mol. The van der Waals surface area contributed by atoms with Crippen LogP contribution in [0.25, 0.3) is 0 Å². The van der Waals surface area contributed by atoms with Crippen molar-refractivity contribution in [3.63, 3.8) is 0 Å². The lowest BCUT2D eigenvalue weighted by Gasteiger charge is -2.51. The second-order valence-electron chi connectivity index (χ2n) is 11.2. The maximum atomic E-state index is 13.5. The molecule has 212 valence electrons. The van der Waals surface area contributed by atoms with Crippen molar-refractivity contribution < 1.29 is 32.7 Å². The van der Waals surface area contributed by atoms with Crippen molar-refractivity contribution >= 4 is 29.4 Å². The summed E-state index contributed by atoms with van der Waals surface area (Å²) in [5.41, 5.74) is -1.14. The Hall–Kier alpha value is -2.53. The van der Waals surface area contributed by atoms with Crippen LogP contribution in [0.2, 0.25) is 5.02 Å². The number of aliphatic hydroxyl groups is 1. The Labute approximate surface area is 225 Å². The molecule has 0 aliphatic carbocycles. The first-order chi connectivity index (χ1) is 17.5. The standard InChI is InChI=1S/C26H36ClF3N4O4/c1-16(2)20(32-23(37)31-19-9-12-33(13-10-19)22(36)26(28,29)30)21(35)34-14-11-25(38,24(3,4)15-34)17-5-7-18(27)8-6-17/h5-8,16,19-20,38H,9-15H2,1-4H3,(H2,31,32,37)/t20-,25+/m1/s1. The van der Waals surface area contributed by atoms with E-state index in [1.165, 1.54) is 0 Å². The minimum atomic E-state index is -4.92. The largest absolute Gasteiger partial charge is 0.471 e. The van der Waals surface area contributed by atoms with E-state index in [2.05, 4.69) is 10.6 Å². The number of piperidine rings is 2. The highest BCUT2D eigenvalue weighted by molar-refractivity contribution is 6.30. The van der Waals surface area contributed by atoms with Gasteiger partial charge in [-0.15, -0.1) is 0 Å². The molecule has 0 unspecified atom stereocenters. The number of benzene rings is 1. The Morgan fingerprint density at radius 3 is 2.13 bits per heavy atom. The zero-order chi connectivity index (χ0) is 28.5. The van der Waals surface area contributed by atoms with Gasteiger partial charge >= 0.3 is 18.1 Å². The van der Waals surface area contributed by atoms with Gasteiger partial charge < -0.3 is 25.5 Å². The molecule has 2 atom stereocenters. The van der Waals surface area contributed by atoms with Crippen LogP contribution in [0.4, 0.5) is 18.0 Å². The van der Waals surface area contributed by atoms with Crippen LogP contribution in [0.3, 0.4) is 0 Å². The molecule has 2 fully saturated rings. The lowest BCUT2D eigenvalue weighted by Crippen LogP contribution is -2.61. The van der Waals surface area contributed by atoms with Crippen molar-refractivity contribution in [2.45, 2.75) is 70.8 Å². The first-order valence-electron chi connectivity index (χ1n) is 12.8. The summed E-state index contributed by atoms with van der Waals surface area (Å²) < 4.78 is 38.0. The summed E-state index contributed by atoms with van der Waals surface area (Å²) in [6.45, 7) is 7.72. The average Bonchev–Trinajstić information content (AvgIpc) is 2.83. The van der Waals surface area contributed by atoms with Gasteiger partial charge in [0.05, 0.1) is 5.60 Å². The summed E-state index contributed by atoms with van der Waals surface area (Å²) in [5, 5.41) is 17.6. The number of hydrogen-bond donors (Lipinski definition) is 3. The van der Waals surface area contributed by atoms with Gasteiger partial charge in [-0.05, 0) is 42.9 Å². The Balaban J connectivity index is 1.59. The predicted octanol–water partition coefficient (Wildman–Crippen LogP) is 3.66. The third-order valence-electron chi connectivity index (χ3n) is 7.66. The van der Waals surface area contributed by atoms with Gasteiger partial charge in [-0.25, -0.2) is 4.79 Å². The van der Waals surface area contributed by atoms with Crippen LogP contribution < -0.4 is 10.6 Å². The summed E-state index contributed by atoms with van der Waals surface area (Å²) in [6, 6.07) is 5.17. The molecule has 0 aromatic heterocycles. The first-order valence-corrected chi connectivity index (χ1v) is 13.1. The number of likely N-dealkylation sites (tertiary alicyclic amines) is 2. The van der Waals surface area contributed by atoms with Crippen molar-refractivity contribution in [2.75, 3.05) is 26.2 Å². The van der Waals surface area contributed by atoms with Gasteiger partial charge in [0.2, 0.25) is 5.91 Å². The lowest BCUT2D eigenvalue weighted by atomic mass is 9.66. The molecule has 3 N–H and O–H groups in total. The number of nitrogens with one attached hydrogen (secondary N) is 2. The molecular formula is C26H36ClF3N4O4. The number of nitrogens with zero attached hydrogens (tertiary/aromatic N) is 2. The normalized spacial score (nSPS) is 23.2. The molecule has 0 radical (unpaired) electrons. The van der Waals surface area contributed by atoms with E-state index in [-0.39, 0.29) is 44.3 Å². The molecule has 2 heterocycles. The third kappa shape index (κ3) is 6.54. The number of alkyl halides is 3. The number of rotatable bonds is 5. The van der Waals surface area contributed by atoms with E-state index in [0.717, 1.165) is 10.5 Å². The highest BCUT2D eigenvalue weighted by Gasteiger charge is 2.50. The van der Waals surface area contributed by atoms with E-state index in [4.69, 9.17) is 11.6 Å². The van der Waals surface area contributed by atoms with Gasteiger partial charge in [0, 0.05) is 42.7 Å². The molecule has 12 heteroatoms. The summed E-state index contributed by atoms with van der Waals surface area (Å²) in [6.07, 6.45) is -4.26. The Morgan fingerprint density at radius 1 is 1.05 bits per heavy atom. The smallest absolute Gasteiger partial charge is 0.384 e. The summed E-state index contributed by atoms with van der Waals surface area (Å²) in [5.74, 6) is -2.38. The van der Waals surface area contributed by atoms with Crippen LogP contribution >= 0.6 is 11.6 Å². The molecule has 2 aliphatic rings. The molecule has 4 amide bonds. The molecule has 0 bridgehead atoms. The van der Waals surface area contributed by atoms with E-state index in [1.54, 1.807) is 29.2 Å². The Bertz CT molecular complexity index is 1030. The highest BCUT2D eigenvalue weighted by Crippen LogP contribution is 2.46. The average molecular weight is 561 g/mol. The van der Waals surface area contributed by atoms with Gasteiger partial charge in [-0.1, -0.05) is 51.4 Å². The number of carbonyl (C=O) groups excluding carboxylic acids is 3. The zero-order valence-corrected chi connectivity index (χ0v) is 22.8. The minimum Gasteiger partial charge on any atom is -0.384 e. The topological polar surface area (TPSA) is 102 Å². The van der Waals surface area contributed by atoms with Crippen LogP contribution in [0, 0.1) is 11.3 Å². The molecule has 0 spiro atoms. The molecule has 1 aromatic rings. The second-order valence-corrected chi connectivity index (χ2v) is 11.6. The monoisotopic (exact) mass is 560 g/mol. The number of carbonyl (C=O) groups is 3. The van der Waals surface area contributed by atoms with E-state index in [1.807, 2.05) is 27.7 Å². The number of urea groups is 1. The summed E-state index contributed by atoms with van der Waals surface area (Å²) >= 11 is 6.00. The third-order valence-corrected chi connectivity index (χ3v) is 7.91. The number of halogens is 4. The van der Waals surface area contributed by atoms with Crippen LogP contribution in [-0.2, 0) is 15.2 Å². The highest BCUT2D eigenvalue weighted by atomic mass is 35.5. The zero-order valence-electron chi connectivity index (χ0n) is 22.1. The maximum absolute atomic E-state index is 13.5. The SMILES string of the molecule is CC(C)[C@@H](NC(=O)NC1CCN(C(=O)C(F)(F)F)CC1)C(=O)N1CC[C@](O)(c2ccc(Cl)cc2)C(C)(C)C1. The first kappa shape index (κ1) is 30.0. The van der Waals surface area contributed by atoms with Crippen molar-refractivity contribution in [1.82, 2.24) is 20.4 Å². The molecule has 1 aromatic carbocycles. The van der Waals surface area contributed by atoms with Gasteiger partial charge in [0.25, 0.3) is 0 Å². The van der Waals surface area contributed by atoms with Crippen LogP contribution in [0.15, 0.2) is 24.3 Å². The molecule has 0 saturated carbocycles. The lowest BCUT2D eigenvalue weighted by molar-refractivity contribution is -0.186. The van der Waals surface area contributed by atoms with Crippen LogP contribution in [-0.4, -0.2) is 77.2 Å². The fourth-order valence-corrected chi connectivity index (χ4v) is 5.38. The van der Waals surface area contributed by atoms with Gasteiger partial charge in [-0.3, -0.25) is 9.59 Å². The van der Waals surface area contributed by atoms with Gasteiger partial charge in [0.1, 0.15) is 6.04 Å². The van der Waals surface area contributed by atoms with Crippen molar-refractivity contribution in [2.24, 2.45) is 11.3 Å². The quantitative estimate of drug-likeness (QED) is 0.511. The van der Waals surface area contributed by atoms with Crippen LogP contribution in [0.5, 0.6) is 0 Å². The Kier molecular flexibility index (Phi) is 8.92. The van der Waals surface area contributed by atoms with E-state index < -0.39 is 41.2 Å². The number of hydrogen-bond acceptors (Lipinski definition) is 4. The minimum absolute atomic E-state index is 0.116. The summed E-state index contributed by atoms with van der Waals surface area (Å²) in [4.78, 5) is 40.0. The maximum Gasteiger partial charge on any atom is 0.471 e. The molecule has 38 heavy (non-hydrogen) atoms.